The van der Waals surface area contributed by atoms with Gasteiger partial charge in [0.2, 0.25) is 5.91 Å². The van der Waals surface area contributed by atoms with E-state index >= 15 is 0 Å². The molecular weight excluding hydrogens is 352 g/mol. The van der Waals surface area contributed by atoms with E-state index in [1.807, 2.05) is 26.0 Å². The summed E-state index contributed by atoms with van der Waals surface area (Å²) < 4.78 is 5.38. The van der Waals surface area contributed by atoms with E-state index in [1.165, 1.54) is 12.8 Å². The summed E-state index contributed by atoms with van der Waals surface area (Å²) in [6, 6.07) is 11.6. The van der Waals surface area contributed by atoms with Crippen molar-refractivity contribution >= 4 is 16.9 Å². The Morgan fingerprint density at radius 1 is 1.14 bits per heavy atom. The maximum atomic E-state index is 11.4. The number of carbonyl (C=O) groups is 1. The van der Waals surface area contributed by atoms with Crippen molar-refractivity contribution in [2.45, 2.75) is 32.6 Å². The number of aromatic amines is 1. The van der Waals surface area contributed by atoms with Gasteiger partial charge >= 0.3 is 0 Å². The molecule has 5 rings (SSSR count). The van der Waals surface area contributed by atoms with Crippen molar-refractivity contribution in [3.05, 3.63) is 59.2 Å². The van der Waals surface area contributed by atoms with Gasteiger partial charge in [0, 0.05) is 22.6 Å². The Labute approximate surface area is 161 Å². The molecule has 4 aromatic rings. The lowest BCUT2D eigenvalue weighted by Gasteiger charge is -2.08. The van der Waals surface area contributed by atoms with Crippen LogP contribution in [0.2, 0.25) is 0 Å². The number of fused-ring (bicyclic) bond motifs is 1. The van der Waals surface area contributed by atoms with Crippen LogP contribution in [0, 0.1) is 13.8 Å². The summed E-state index contributed by atoms with van der Waals surface area (Å²) in [7, 11) is 0. The van der Waals surface area contributed by atoms with Crippen LogP contribution >= 0.6 is 0 Å². The van der Waals surface area contributed by atoms with Gasteiger partial charge in [0.1, 0.15) is 11.6 Å². The van der Waals surface area contributed by atoms with E-state index in [0.717, 1.165) is 50.6 Å². The molecule has 6 nitrogen and oxygen atoms in total. The van der Waals surface area contributed by atoms with Crippen LogP contribution in [-0.4, -0.2) is 21.0 Å². The molecule has 0 spiro atoms. The predicted octanol–water partition coefficient (Wildman–Crippen LogP) is 4.48. The normalized spacial score (nSPS) is 13.9. The number of benzene rings is 2. The van der Waals surface area contributed by atoms with Gasteiger partial charge in [-0.1, -0.05) is 17.3 Å². The number of nitrogens with two attached hydrogens (primary N) is 1. The smallest absolute Gasteiger partial charge is 0.248 e. The molecule has 0 aliphatic heterocycles. The molecule has 0 bridgehead atoms. The Hall–Kier alpha value is -3.41. The number of aromatic nitrogens is 3. The molecule has 2 heterocycles. The van der Waals surface area contributed by atoms with Crippen molar-refractivity contribution in [1.29, 1.82) is 0 Å². The molecular formula is C22H20N4O2. The number of rotatable bonds is 4. The fourth-order valence-electron chi connectivity index (χ4n) is 3.76. The van der Waals surface area contributed by atoms with Crippen LogP contribution in [0.3, 0.4) is 0 Å². The average Bonchev–Trinajstić information content (AvgIpc) is 3.36. The zero-order valence-electron chi connectivity index (χ0n) is 15.7. The van der Waals surface area contributed by atoms with E-state index < -0.39 is 5.91 Å². The van der Waals surface area contributed by atoms with Crippen LogP contribution in [0.1, 0.15) is 46.4 Å². The molecule has 2 aromatic carbocycles. The summed E-state index contributed by atoms with van der Waals surface area (Å²) in [6.45, 7) is 3.86. The van der Waals surface area contributed by atoms with E-state index in [-0.39, 0.29) is 0 Å². The summed E-state index contributed by atoms with van der Waals surface area (Å²) in [5.74, 6) is 1.92. The summed E-state index contributed by atoms with van der Waals surface area (Å²) in [4.78, 5) is 19.8. The minimum absolute atomic E-state index is 0.433. The monoisotopic (exact) mass is 372 g/mol. The van der Waals surface area contributed by atoms with Crippen molar-refractivity contribution < 1.29 is 9.32 Å². The van der Waals surface area contributed by atoms with Crippen molar-refractivity contribution in [3.8, 4) is 22.3 Å². The predicted molar refractivity (Wildman–Crippen MR) is 107 cm³/mol. The van der Waals surface area contributed by atoms with Gasteiger partial charge in [0.15, 0.2) is 0 Å². The highest BCUT2D eigenvalue weighted by Gasteiger charge is 2.27. The lowest BCUT2D eigenvalue weighted by molar-refractivity contribution is 0.100. The van der Waals surface area contributed by atoms with E-state index in [0.29, 0.717) is 11.5 Å². The minimum Gasteiger partial charge on any atom is -0.366 e. The number of imidazole rings is 1. The minimum atomic E-state index is -0.433. The molecule has 0 saturated heterocycles. The van der Waals surface area contributed by atoms with Crippen LogP contribution in [-0.2, 0) is 0 Å². The Morgan fingerprint density at radius 3 is 2.50 bits per heavy atom. The molecule has 0 atom stereocenters. The first-order chi connectivity index (χ1) is 13.5. The number of hydrogen-bond donors (Lipinski definition) is 2. The van der Waals surface area contributed by atoms with Gasteiger partial charge in [0.25, 0.3) is 0 Å². The number of carbonyl (C=O) groups excluding carboxylic acids is 1. The zero-order chi connectivity index (χ0) is 19.4. The molecule has 0 unspecified atom stereocenters. The Bertz CT molecular complexity index is 1190. The molecule has 28 heavy (non-hydrogen) atoms. The molecule has 6 heteroatoms. The van der Waals surface area contributed by atoms with Crippen LogP contribution < -0.4 is 5.73 Å². The molecule has 1 aliphatic carbocycles. The van der Waals surface area contributed by atoms with Gasteiger partial charge < -0.3 is 15.2 Å². The van der Waals surface area contributed by atoms with Gasteiger partial charge in [-0.05, 0) is 62.1 Å². The van der Waals surface area contributed by atoms with Crippen LogP contribution in [0.4, 0.5) is 0 Å². The summed E-state index contributed by atoms with van der Waals surface area (Å²) >= 11 is 0. The number of primary amides is 1. The molecule has 3 N–H and O–H groups in total. The van der Waals surface area contributed by atoms with Gasteiger partial charge in [-0.2, -0.15) is 0 Å². The summed E-state index contributed by atoms with van der Waals surface area (Å²) in [6.07, 6.45) is 2.36. The lowest BCUT2D eigenvalue weighted by Crippen LogP contribution is -2.10. The first-order valence-corrected chi connectivity index (χ1v) is 9.38. The second kappa shape index (κ2) is 6.05. The molecule has 140 valence electrons. The van der Waals surface area contributed by atoms with Crippen molar-refractivity contribution in [3.63, 3.8) is 0 Å². The van der Waals surface area contributed by atoms with Gasteiger partial charge in [-0.15, -0.1) is 0 Å². The van der Waals surface area contributed by atoms with Gasteiger partial charge in [-0.25, -0.2) is 4.98 Å². The SMILES string of the molecule is Cc1noc(C)c1-c1cc(-c2ccc(C(N)=O)cc2)c2nc(C3CC3)[nH]c2c1. The molecule has 1 amide bonds. The Kier molecular flexibility index (Phi) is 3.62. The summed E-state index contributed by atoms with van der Waals surface area (Å²) in [5.41, 5.74) is 12.7. The highest BCUT2D eigenvalue weighted by Crippen LogP contribution is 2.41. The summed E-state index contributed by atoms with van der Waals surface area (Å²) in [5, 5.41) is 4.10. The second-order valence-electron chi connectivity index (χ2n) is 7.46. The van der Waals surface area contributed by atoms with E-state index in [4.69, 9.17) is 15.2 Å². The first kappa shape index (κ1) is 16.7. The highest BCUT2D eigenvalue weighted by molar-refractivity contribution is 5.98. The Morgan fingerprint density at radius 2 is 1.89 bits per heavy atom. The number of H-pyrrole nitrogens is 1. The van der Waals surface area contributed by atoms with Crippen molar-refractivity contribution in [1.82, 2.24) is 15.1 Å². The van der Waals surface area contributed by atoms with Crippen LogP contribution in [0.15, 0.2) is 40.9 Å². The van der Waals surface area contributed by atoms with E-state index in [1.54, 1.807) is 12.1 Å². The van der Waals surface area contributed by atoms with Crippen molar-refractivity contribution in [2.75, 3.05) is 0 Å². The molecule has 1 fully saturated rings. The molecule has 2 aromatic heterocycles. The largest absolute Gasteiger partial charge is 0.366 e. The zero-order valence-corrected chi connectivity index (χ0v) is 15.7. The third kappa shape index (κ3) is 2.69. The number of amides is 1. The van der Waals surface area contributed by atoms with Crippen molar-refractivity contribution in [2.24, 2.45) is 5.73 Å². The molecule has 1 aliphatic rings. The number of nitrogens with one attached hydrogen (secondary N) is 1. The average molecular weight is 372 g/mol. The van der Waals surface area contributed by atoms with Gasteiger partial charge in [-0.3, -0.25) is 4.79 Å². The third-order valence-corrected chi connectivity index (χ3v) is 5.37. The Balaban J connectivity index is 1.74. The fraction of sp³-hybridized carbons (Fsp3) is 0.227. The number of hydrogen-bond acceptors (Lipinski definition) is 4. The van der Waals surface area contributed by atoms with E-state index in [2.05, 4.69) is 22.3 Å². The third-order valence-electron chi connectivity index (χ3n) is 5.37. The quantitative estimate of drug-likeness (QED) is 0.552. The molecule has 0 radical (unpaired) electrons. The maximum absolute atomic E-state index is 11.4. The maximum Gasteiger partial charge on any atom is 0.248 e. The number of aryl methyl sites for hydroxylation is 2. The van der Waals surface area contributed by atoms with Gasteiger partial charge in [0.05, 0.1) is 16.7 Å². The van der Waals surface area contributed by atoms with E-state index in [9.17, 15) is 4.79 Å². The first-order valence-electron chi connectivity index (χ1n) is 9.38. The standard InChI is InChI=1S/C22H20N4O2/c1-11-19(12(2)28-26-11)16-9-17(13-3-5-14(6-4-13)21(23)27)20-18(10-16)24-22(25-20)15-7-8-15/h3-6,9-10,15H,7-8H2,1-2H3,(H2,23,27)(H,24,25). The second-order valence-corrected chi connectivity index (χ2v) is 7.46. The highest BCUT2D eigenvalue weighted by atomic mass is 16.5. The lowest BCUT2D eigenvalue weighted by atomic mass is 9.96. The molecule has 1 saturated carbocycles. The fourth-order valence-corrected chi connectivity index (χ4v) is 3.76. The van der Waals surface area contributed by atoms with Crippen LogP contribution in [0.25, 0.3) is 33.3 Å². The number of nitrogens with zero attached hydrogens (tertiary/aromatic N) is 2. The topological polar surface area (TPSA) is 97.8 Å². The van der Waals surface area contributed by atoms with Crippen LogP contribution in [0.5, 0.6) is 0 Å².